The van der Waals surface area contributed by atoms with Crippen LogP contribution in [0.5, 0.6) is 0 Å². The predicted octanol–water partition coefficient (Wildman–Crippen LogP) is 0.977. The minimum absolute atomic E-state index is 0.767. The van der Waals surface area contributed by atoms with Gasteiger partial charge in [0.05, 0.1) is 6.61 Å². The fraction of sp³-hybridized carbons (Fsp3) is 1.00. The highest BCUT2D eigenvalue weighted by molar-refractivity contribution is 6.65. The summed E-state index contributed by atoms with van der Waals surface area (Å²) in [6.45, 7) is 4.76. The van der Waals surface area contributed by atoms with Crippen molar-refractivity contribution in [1.82, 2.24) is 5.32 Å². The summed E-state index contributed by atoms with van der Waals surface area (Å²) in [5, 5.41) is 3.29. The Hall–Kier alpha value is 0.0569. The van der Waals surface area contributed by atoms with Gasteiger partial charge in [-0.15, -0.1) is 0 Å². The molecule has 0 bridgehead atoms. The first-order chi connectivity index (χ1) is 6.68. The Morgan fingerprint density at radius 1 is 1.07 bits per heavy atom. The Balaban J connectivity index is 3.34. The summed E-state index contributed by atoms with van der Waals surface area (Å²) in [7, 11) is 3.33. The molecular formula is C9H23NO3Si. The third-order valence-electron chi connectivity index (χ3n) is 2.33. The van der Waals surface area contributed by atoms with Crippen LogP contribution in [0.4, 0.5) is 0 Å². The lowest BCUT2D eigenvalue weighted by molar-refractivity contribution is 0.199. The minimum atomic E-state index is -1.84. The number of methoxy groups -OCH3 is 1. The largest absolute Gasteiger partial charge is 0.398 e. The van der Waals surface area contributed by atoms with E-state index in [1.165, 1.54) is 0 Å². The van der Waals surface area contributed by atoms with Crippen LogP contribution in [0.15, 0.2) is 0 Å². The molecule has 0 unspecified atom stereocenters. The van der Waals surface area contributed by atoms with E-state index >= 15 is 0 Å². The molecular weight excluding hydrogens is 198 g/mol. The Bertz CT molecular complexity index is 131. The number of ether oxygens (including phenoxy) is 1. The molecule has 0 aliphatic heterocycles. The molecule has 14 heavy (non-hydrogen) atoms. The standard InChI is InChI=1S/C9H23NO3Si/c1-11-8-7-10-6-5-9-14(4,12-2)13-3/h10H,5-9H2,1-4H3. The van der Waals surface area contributed by atoms with Crippen LogP contribution in [0.25, 0.3) is 0 Å². The molecule has 0 saturated heterocycles. The monoisotopic (exact) mass is 221 g/mol. The van der Waals surface area contributed by atoms with Gasteiger partial charge in [0.2, 0.25) is 0 Å². The molecule has 0 saturated carbocycles. The van der Waals surface area contributed by atoms with Gasteiger partial charge in [-0.25, -0.2) is 0 Å². The van der Waals surface area contributed by atoms with E-state index < -0.39 is 8.56 Å². The van der Waals surface area contributed by atoms with Crippen molar-refractivity contribution in [1.29, 1.82) is 0 Å². The van der Waals surface area contributed by atoms with Crippen LogP contribution in [0.1, 0.15) is 6.42 Å². The molecule has 0 rings (SSSR count). The third kappa shape index (κ3) is 6.50. The molecule has 0 amide bonds. The molecule has 5 heteroatoms. The second kappa shape index (κ2) is 8.37. The molecule has 0 aromatic carbocycles. The number of hydrogen-bond acceptors (Lipinski definition) is 4. The van der Waals surface area contributed by atoms with E-state index in [0.717, 1.165) is 32.2 Å². The van der Waals surface area contributed by atoms with Crippen molar-refractivity contribution >= 4 is 8.56 Å². The van der Waals surface area contributed by atoms with Gasteiger partial charge >= 0.3 is 8.56 Å². The van der Waals surface area contributed by atoms with Crippen molar-refractivity contribution in [3.05, 3.63) is 0 Å². The van der Waals surface area contributed by atoms with E-state index in [2.05, 4.69) is 11.9 Å². The van der Waals surface area contributed by atoms with Gasteiger partial charge in [-0.05, 0) is 25.6 Å². The van der Waals surface area contributed by atoms with Crippen LogP contribution in [0.3, 0.4) is 0 Å². The molecule has 0 aliphatic rings. The first-order valence-corrected chi connectivity index (χ1v) is 7.51. The maximum Gasteiger partial charge on any atom is 0.334 e. The highest BCUT2D eigenvalue weighted by atomic mass is 28.4. The first-order valence-electron chi connectivity index (χ1n) is 4.98. The molecule has 0 radical (unpaired) electrons. The van der Waals surface area contributed by atoms with E-state index in [9.17, 15) is 0 Å². The SMILES string of the molecule is COCCNCCC[Si](C)(OC)OC. The van der Waals surface area contributed by atoms with Crippen LogP contribution < -0.4 is 5.32 Å². The predicted molar refractivity (Wildman–Crippen MR) is 59.8 cm³/mol. The summed E-state index contributed by atoms with van der Waals surface area (Å²) >= 11 is 0. The molecule has 4 nitrogen and oxygen atoms in total. The number of nitrogens with one attached hydrogen (secondary N) is 1. The first kappa shape index (κ1) is 14.1. The number of hydrogen-bond donors (Lipinski definition) is 1. The Morgan fingerprint density at radius 2 is 1.71 bits per heavy atom. The molecule has 0 spiro atoms. The normalized spacial score (nSPS) is 12.0. The molecule has 86 valence electrons. The summed E-state index contributed by atoms with van der Waals surface area (Å²) < 4.78 is 15.7. The average molecular weight is 221 g/mol. The van der Waals surface area contributed by atoms with E-state index in [4.69, 9.17) is 13.6 Å². The molecule has 1 N–H and O–H groups in total. The van der Waals surface area contributed by atoms with Crippen molar-refractivity contribution < 1.29 is 13.6 Å². The second-order valence-corrected chi connectivity index (χ2v) is 6.97. The quantitative estimate of drug-likeness (QED) is 0.465. The van der Waals surface area contributed by atoms with Crippen molar-refractivity contribution in [2.24, 2.45) is 0 Å². The van der Waals surface area contributed by atoms with Crippen LogP contribution in [0.2, 0.25) is 12.6 Å². The summed E-state index contributed by atoms with van der Waals surface area (Å²) in [5.41, 5.74) is 0. The van der Waals surface area contributed by atoms with Gasteiger partial charge in [0.15, 0.2) is 0 Å². The highest BCUT2D eigenvalue weighted by Gasteiger charge is 2.27. The zero-order valence-corrected chi connectivity index (χ0v) is 10.8. The number of rotatable bonds is 9. The van der Waals surface area contributed by atoms with Gasteiger partial charge in [0.1, 0.15) is 0 Å². The van der Waals surface area contributed by atoms with Gasteiger partial charge in [-0.3, -0.25) is 0 Å². The van der Waals surface area contributed by atoms with Crippen molar-refractivity contribution in [2.75, 3.05) is 41.0 Å². The van der Waals surface area contributed by atoms with Crippen molar-refractivity contribution in [3.63, 3.8) is 0 Å². The lowest BCUT2D eigenvalue weighted by Crippen LogP contribution is -2.36. The van der Waals surface area contributed by atoms with Crippen LogP contribution in [-0.2, 0) is 13.6 Å². The Kier molecular flexibility index (Phi) is 8.41. The Morgan fingerprint density at radius 3 is 2.21 bits per heavy atom. The summed E-state index contributed by atoms with van der Waals surface area (Å²) in [6.07, 6.45) is 1.09. The lowest BCUT2D eigenvalue weighted by atomic mass is 10.5. The summed E-state index contributed by atoms with van der Waals surface area (Å²) in [4.78, 5) is 0. The van der Waals surface area contributed by atoms with Gasteiger partial charge < -0.3 is 18.9 Å². The van der Waals surface area contributed by atoms with Crippen molar-refractivity contribution in [3.8, 4) is 0 Å². The van der Waals surface area contributed by atoms with E-state index in [-0.39, 0.29) is 0 Å². The fourth-order valence-corrected chi connectivity index (χ4v) is 2.52. The van der Waals surface area contributed by atoms with Crippen LogP contribution in [0, 0.1) is 0 Å². The molecule has 0 heterocycles. The minimum Gasteiger partial charge on any atom is -0.398 e. The van der Waals surface area contributed by atoms with E-state index in [0.29, 0.717) is 0 Å². The zero-order valence-electron chi connectivity index (χ0n) is 9.76. The fourth-order valence-electron chi connectivity index (χ4n) is 1.12. The van der Waals surface area contributed by atoms with Gasteiger partial charge in [0, 0.05) is 27.9 Å². The lowest BCUT2D eigenvalue weighted by Gasteiger charge is -2.22. The van der Waals surface area contributed by atoms with E-state index in [1.807, 2.05) is 0 Å². The van der Waals surface area contributed by atoms with Crippen LogP contribution in [-0.4, -0.2) is 49.6 Å². The second-order valence-electron chi connectivity index (χ2n) is 3.39. The average Bonchev–Trinajstić information content (AvgIpc) is 2.23. The third-order valence-corrected chi connectivity index (χ3v) is 5.32. The molecule has 0 fully saturated rings. The highest BCUT2D eigenvalue weighted by Crippen LogP contribution is 2.12. The summed E-state index contributed by atoms with van der Waals surface area (Å²) in [5.74, 6) is 0. The molecule has 0 aliphatic carbocycles. The molecule has 0 aromatic rings. The maximum atomic E-state index is 5.38. The molecule has 0 atom stereocenters. The zero-order chi connectivity index (χ0) is 10.9. The maximum absolute atomic E-state index is 5.38. The van der Waals surface area contributed by atoms with Gasteiger partial charge in [-0.1, -0.05) is 0 Å². The van der Waals surface area contributed by atoms with Crippen LogP contribution >= 0.6 is 0 Å². The smallest absolute Gasteiger partial charge is 0.334 e. The van der Waals surface area contributed by atoms with Crippen molar-refractivity contribution in [2.45, 2.75) is 19.0 Å². The summed E-state index contributed by atoms with van der Waals surface area (Å²) in [6, 6.07) is 1.03. The van der Waals surface area contributed by atoms with Gasteiger partial charge in [0.25, 0.3) is 0 Å². The van der Waals surface area contributed by atoms with Gasteiger partial charge in [-0.2, -0.15) is 0 Å². The molecule has 0 aromatic heterocycles. The Labute approximate surface area is 88.2 Å². The van der Waals surface area contributed by atoms with E-state index in [1.54, 1.807) is 21.3 Å². The topological polar surface area (TPSA) is 39.7 Å².